The molecule has 1 fully saturated rings. The number of benzene rings is 1. The molecule has 4 atom stereocenters. The zero-order chi connectivity index (χ0) is 12.4. The number of hydrogen-bond acceptors (Lipinski definition) is 6. The Kier molecular flexibility index (Phi) is 3.49. The molecule has 0 amide bonds. The number of nitrogens with one attached hydrogen (secondary N) is 1. The maximum atomic E-state index is 9.68. The highest BCUT2D eigenvalue weighted by Crippen LogP contribution is 2.20. The summed E-state index contributed by atoms with van der Waals surface area (Å²) in [5.74, 6) is 0.135. The molecule has 94 valence electrons. The summed E-state index contributed by atoms with van der Waals surface area (Å²) >= 11 is 0. The number of aromatic hydroxyl groups is 1. The van der Waals surface area contributed by atoms with Crippen LogP contribution in [0.3, 0.4) is 0 Å². The van der Waals surface area contributed by atoms with E-state index in [-0.39, 0.29) is 12.4 Å². The molecule has 6 heteroatoms. The quantitative estimate of drug-likeness (QED) is 0.436. The molecule has 5 N–H and O–H groups in total. The molecule has 0 radical (unpaired) electrons. The third-order valence-corrected chi connectivity index (χ3v) is 2.68. The van der Waals surface area contributed by atoms with Crippen LogP contribution in [0, 0.1) is 0 Å². The Morgan fingerprint density at radius 3 is 2.35 bits per heavy atom. The first kappa shape index (κ1) is 12.1. The van der Waals surface area contributed by atoms with Crippen molar-refractivity contribution in [3.8, 4) is 5.75 Å². The van der Waals surface area contributed by atoms with Crippen LogP contribution < -0.4 is 5.32 Å². The minimum Gasteiger partial charge on any atom is -0.508 e. The molecule has 0 unspecified atom stereocenters. The zero-order valence-corrected chi connectivity index (χ0v) is 9.02. The molecule has 1 aromatic carbocycles. The third kappa shape index (κ3) is 2.67. The Hall–Kier alpha value is -1.34. The van der Waals surface area contributed by atoms with Crippen molar-refractivity contribution in [2.75, 3.05) is 11.9 Å². The van der Waals surface area contributed by atoms with Gasteiger partial charge in [0.05, 0.1) is 6.61 Å². The number of aliphatic hydroxyl groups is 3. The van der Waals surface area contributed by atoms with Crippen LogP contribution >= 0.6 is 0 Å². The first-order chi connectivity index (χ1) is 8.08. The van der Waals surface area contributed by atoms with E-state index < -0.39 is 24.5 Å². The van der Waals surface area contributed by atoms with Gasteiger partial charge in [0.2, 0.25) is 0 Å². The van der Waals surface area contributed by atoms with E-state index in [1.165, 1.54) is 12.1 Å². The zero-order valence-electron chi connectivity index (χ0n) is 9.02. The number of rotatable bonds is 2. The monoisotopic (exact) mass is 241 g/mol. The van der Waals surface area contributed by atoms with Crippen LogP contribution in [0.5, 0.6) is 5.75 Å². The molecule has 1 heterocycles. The van der Waals surface area contributed by atoms with Gasteiger partial charge in [-0.1, -0.05) is 0 Å². The Morgan fingerprint density at radius 1 is 1.06 bits per heavy atom. The fourth-order valence-electron chi connectivity index (χ4n) is 1.66. The molecule has 2 rings (SSSR count). The SMILES string of the molecule is Oc1ccc(N[C@H]2OC[C@@H](O)[C@H](O)[C@H]2O)cc1. The summed E-state index contributed by atoms with van der Waals surface area (Å²) in [4.78, 5) is 0. The number of phenolic OH excluding ortho intramolecular Hbond substituents is 1. The fraction of sp³-hybridized carbons (Fsp3) is 0.455. The van der Waals surface area contributed by atoms with E-state index in [4.69, 9.17) is 9.84 Å². The highest BCUT2D eigenvalue weighted by Gasteiger charge is 2.37. The fourth-order valence-corrected chi connectivity index (χ4v) is 1.66. The average molecular weight is 241 g/mol. The minimum absolute atomic E-state index is 0.0476. The van der Waals surface area contributed by atoms with Gasteiger partial charge in [0, 0.05) is 5.69 Å². The van der Waals surface area contributed by atoms with Gasteiger partial charge in [-0.3, -0.25) is 0 Å². The maximum Gasteiger partial charge on any atom is 0.156 e. The van der Waals surface area contributed by atoms with Crippen molar-refractivity contribution in [3.05, 3.63) is 24.3 Å². The molecule has 1 aliphatic heterocycles. The van der Waals surface area contributed by atoms with E-state index in [1.54, 1.807) is 12.1 Å². The van der Waals surface area contributed by atoms with Crippen molar-refractivity contribution in [3.63, 3.8) is 0 Å². The lowest BCUT2D eigenvalue weighted by molar-refractivity contribution is -0.178. The van der Waals surface area contributed by atoms with Crippen LogP contribution in [-0.4, -0.2) is 51.6 Å². The van der Waals surface area contributed by atoms with Crippen LogP contribution in [0.2, 0.25) is 0 Å². The van der Waals surface area contributed by atoms with Crippen LogP contribution in [0.1, 0.15) is 0 Å². The Balaban J connectivity index is 2.01. The summed E-state index contributed by atoms with van der Waals surface area (Å²) in [5, 5.41) is 40.4. The predicted molar refractivity (Wildman–Crippen MR) is 59.5 cm³/mol. The van der Waals surface area contributed by atoms with E-state index in [9.17, 15) is 15.3 Å². The van der Waals surface area contributed by atoms with E-state index >= 15 is 0 Å². The largest absolute Gasteiger partial charge is 0.508 e. The summed E-state index contributed by atoms with van der Waals surface area (Å²) in [5.41, 5.74) is 0.635. The number of phenols is 1. The molecule has 1 saturated heterocycles. The number of ether oxygens (including phenoxy) is 1. The summed E-state index contributed by atoms with van der Waals surface area (Å²) in [6.45, 7) is -0.0476. The second kappa shape index (κ2) is 4.89. The van der Waals surface area contributed by atoms with Gasteiger partial charge in [0.15, 0.2) is 6.23 Å². The summed E-state index contributed by atoms with van der Waals surface area (Å²) in [7, 11) is 0. The highest BCUT2D eigenvalue weighted by molar-refractivity contribution is 5.46. The lowest BCUT2D eigenvalue weighted by Crippen LogP contribution is -2.55. The summed E-state index contributed by atoms with van der Waals surface area (Å²) in [6, 6.07) is 6.21. The summed E-state index contributed by atoms with van der Waals surface area (Å²) < 4.78 is 5.17. The lowest BCUT2D eigenvalue weighted by Gasteiger charge is -2.35. The van der Waals surface area contributed by atoms with Crippen molar-refractivity contribution in [2.24, 2.45) is 0 Å². The molecule has 17 heavy (non-hydrogen) atoms. The second-order valence-electron chi connectivity index (χ2n) is 3.99. The molecule has 0 aliphatic carbocycles. The molecule has 1 aromatic rings. The maximum absolute atomic E-state index is 9.68. The number of hydrogen-bond donors (Lipinski definition) is 5. The van der Waals surface area contributed by atoms with Crippen molar-refractivity contribution in [1.29, 1.82) is 0 Å². The first-order valence-corrected chi connectivity index (χ1v) is 5.29. The van der Waals surface area contributed by atoms with Crippen LogP contribution in [0.4, 0.5) is 5.69 Å². The van der Waals surface area contributed by atoms with E-state index in [1.807, 2.05) is 0 Å². The van der Waals surface area contributed by atoms with Crippen molar-refractivity contribution >= 4 is 5.69 Å². The molecule has 0 spiro atoms. The number of aliphatic hydroxyl groups excluding tert-OH is 3. The minimum atomic E-state index is -1.24. The Bertz CT molecular complexity index is 369. The molecular formula is C11H15NO5. The molecule has 0 saturated carbocycles. The third-order valence-electron chi connectivity index (χ3n) is 2.68. The Labute approximate surface area is 98.1 Å². The highest BCUT2D eigenvalue weighted by atomic mass is 16.5. The molecule has 1 aliphatic rings. The lowest BCUT2D eigenvalue weighted by atomic mass is 10.0. The van der Waals surface area contributed by atoms with Gasteiger partial charge in [0.1, 0.15) is 24.1 Å². The average Bonchev–Trinajstić information content (AvgIpc) is 2.33. The van der Waals surface area contributed by atoms with E-state index in [0.29, 0.717) is 5.69 Å². The van der Waals surface area contributed by atoms with Crippen molar-refractivity contribution < 1.29 is 25.2 Å². The molecule has 6 nitrogen and oxygen atoms in total. The van der Waals surface area contributed by atoms with Crippen LogP contribution in [0.15, 0.2) is 24.3 Å². The van der Waals surface area contributed by atoms with Gasteiger partial charge in [-0.05, 0) is 24.3 Å². The van der Waals surface area contributed by atoms with Crippen LogP contribution in [0.25, 0.3) is 0 Å². The van der Waals surface area contributed by atoms with Gasteiger partial charge in [-0.25, -0.2) is 0 Å². The normalized spacial score (nSPS) is 33.4. The van der Waals surface area contributed by atoms with E-state index in [0.717, 1.165) is 0 Å². The molecule has 0 aromatic heterocycles. The van der Waals surface area contributed by atoms with Gasteiger partial charge in [-0.2, -0.15) is 0 Å². The van der Waals surface area contributed by atoms with Crippen molar-refractivity contribution in [1.82, 2.24) is 0 Å². The van der Waals surface area contributed by atoms with Gasteiger partial charge < -0.3 is 30.5 Å². The van der Waals surface area contributed by atoms with E-state index in [2.05, 4.69) is 5.32 Å². The van der Waals surface area contributed by atoms with Crippen molar-refractivity contribution in [2.45, 2.75) is 24.5 Å². The van der Waals surface area contributed by atoms with Gasteiger partial charge >= 0.3 is 0 Å². The second-order valence-corrected chi connectivity index (χ2v) is 3.99. The first-order valence-electron chi connectivity index (χ1n) is 5.29. The molecular weight excluding hydrogens is 226 g/mol. The Morgan fingerprint density at radius 2 is 1.71 bits per heavy atom. The van der Waals surface area contributed by atoms with Gasteiger partial charge in [-0.15, -0.1) is 0 Å². The van der Waals surface area contributed by atoms with Gasteiger partial charge in [0.25, 0.3) is 0 Å². The van der Waals surface area contributed by atoms with Crippen LogP contribution in [-0.2, 0) is 4.74 Å². The summed E-state index contributed by atoms with van der Waals surface area (Å²) in [6.07, 6.45) is -4.33. The smallest absolute Gasteiger partial charge is 0.156 e. The topological polar surface area (TPSA) is 102 Å². The predicted octanol–water partition coefficient (Wildman–Crippen LogP) is -0.757. The number of anilines is 1. The molecule has 0 bridgehead atoms. The standard InChI is InChI=1S/C11H15NO5/c13-7-3-1-6(2-4-7)12-11-10(16)9(15)8(14)5-17-11/h1-4,8-16H,5H2/t8-,9+,10-,11+/m1/s1.